The molecule has 0 saturated carbocycles. The maximum atomic E-state index is 11.0. The molecule has 1 aliphatic rings. The maximum absolute atomic E-state index is 11.0. The van der Waals surface area contributed by atoms with Crippen molar-refractivity contribution in [1.82, 2.24) is 0 Å². The molecule has 0 heterocycles. The number of esters is 1. The number of carbonyl (C=O) groups excluding carboxylic acids is 1. The number of ether oxygens (including phenoxy) is 1. The molecule has 1 radical (unpaired) electrons. The Kier molecular flexibility index (Phi) is 2.90. The highest BCUT2D eigenvalue weighted by molar-refractivity contribution is 5.88. The fourth-order valence-corrected chi connectivity index (χ4v) is 0.970. The van der Waals surface area contributed by atoms with E-state index in [0.717, 1.165) is 18.4 Å². The molecule has 2 nitrogen and oxygen atoms in total. The minimum Gasteiger partial charge on any atom is -0.466 e. The van der Waals surface area contributed by atoms with Crippen LogP contribution in [0.3, 0.4) is 0 Å². The molecule has 1 rings (SSSR count). The van der Waals surface area contributed by atoms with Crippen LogP contribution in [0.1, 0.15) is 12.8 Å². The van der Waals surface area contributed by atoms with Gasteiger partial charge in [-0.1, -0.05) is 18.2 Å². The molecule has 1 aliphatic carbocycles. The standard InChI is InChI=1S/C9H11O2/c1-11-9(10)8-6-4-2-3-5-7-8/h2-4,6H,5,7H2,1H3. The first-order valence-corrected chi connectivity index (χ1v) is 3.62. The second-order valence-corrected chi connectivity index (χ2v) is 2.34. The lowest BCUT2D eigenvalue weighted by molar-refractivity contribution is -0.136. The molecule has 0 N–H and O–H groups in total. The average molecular weight is 151 g/mol. The SMILES string of the molecule is COC(=O)C1=C[CH]C=CCC1. The summed E-state index contributed by atoms with van der Waals surface area (Å²) < 4.78 is 4.59. The second kappa shape index (κ2) is 3.96. The Morgan fingerprint density at radius 3 is 3.18 bits per heavy atom. The van der Waals surface area contributed by atoms with Crippen molar-refractivity contribution in [3.05, 3.63) is 30.2 Å². The normalized spacial score (nSPS) is 17.0. The molecule has 59 valence electrons. The summed E-state index contributed by atoms with van der Waals surface area (Å²) in [6.07, 6.45) is 9.33. The highest BCUT2D eigenvalue weighted by atomic mass is 16.5. The van der Waals surface area contributed by atoms with Gasteiger partial charge in [-0.05, 0) is 12.8 Å². The van der Waals surface area contributed by atoms with E-state index in [2.05, 4.69) is 4.74 Å². The predicted octanol–water partition coefficient (Wildman–Crippen LogP) is 1.64. The summed E-state index contributed by atoms with van der Waals surface area (Å²) in [6, 6.07) is 0. The summed E-state index contributed by atoms with van der Waals surface area (Å²) in [6.45, 7) is 0. The van der Waals surface area contributed by atoms with Gasteiger partial charge in [0.1, 0.15) is 0 Å². The van der Waals surface area contributed by atoms with Crippen LogP contribution in [0, 0.1) is 6.42 Å². The third-order valence-electron chi connectivity index (χ3n) is 1.57. The first-order chi connectivity index (χ1) is 5.34. The highest BCUT2D eigenvalue weighted by Crippen LogP contribution is 2.12. The molecule has 0 aromatic heterocycles. The number of allylic oxidation sites excluding steroid dienone is 3. The second-order valence-electron chi connectivity index (χ2n) is 2.34. The molecule has 0 bridgehead atoms. The third-order valence-corrected chi connectivity index (χ3v) is 1.57. The molecule has 0 aromatic carbocycles. The van der Waals surface area contributed by atoms with Gasteiger partial charge in [-0.3, -0.25) is 0 Å². The van der Waals surface area contributed by atoms with E-state index in [4.69, 9.17) is 0 Å². The summed E-state index contributed by atoms with van der Waals surface area (Å²) >= 11 is 0. The van der Waals surface area contributed by atoms with E-state index in [1.807, 2.05) is 18.6 Å². The number of rotatable bonds is 1. The molecule has 0 aromatic rings. The van der Waals surface area contributed by atoms with Gasteiger partial charge in [-0.2, -0.15) is 0 Å². The van der Waals surface area contributed by atoms with Gasteiger partial charge in [0.05, 0.1) is 7.11 Å². The molecule has 11 heavy (non-hydrogen) atoms. The summed E-state index contributed by atoms with van der Waals surface area (Å²) in [4.78, 5) is 11.0. The predicted molar refractivity (Wildman–Crippen MR) is 42.8 cm³/mol. The first-order valence-electron chi connectivity index (χ1n) is 3.62. The van der Waals surface area contributed by atoms with Crippen LogP contribution in [-0.4, -0.2) is 13.1 Å². The van der Waals surface area contributed by atoms with Crippen molar-refractivity contribution in [2.24, 2.45) is 0 Å². The quantitative estimate of drug-likeness (QED) is 0.532. The van der Waals surface area contributed by atoms with E-state index < -0.39 is 0 Å². The Bertz CT molecular complexity index is 202. The lowest BCUT2D eigenvalue weighted by atomic mass is 10.1. The van der Waals surface area contributed by atoms with Crippen molar-refractivity contribution < 1.29 is 9.53 Å². The van der Waals surface area contributed by atoms with Gasteiger partial charge >= 0.3 is 5.97 Å². The summed E-state index contributed by atoms with van der Waals surface area (Å²) in [5.74, 6) is -0.218. The molecule has 0 aliphatic heterocycles. The van der Waals surface area contributed by atoms with Crippen LogP contribution < -0.4 is 0 Å². The number of hydrogen-bond donors (Lipinski definition) is 0. The summed E-state index contributed by atoms with van der Waals surface area (Å²) in [5, 5.41) is 0. The van der Waals surface area contributed by atoms with Gasteiger partial charge in [0.15, 0.2) is 0 Å². The van der Waals surface area contributed by atoms with Gasteiger partial charge in [-0.25, -0.2) is 4.79 Å². The van der Waals surface area contributed by atoms with E-state index in [-0.39, 0.29) is 5.97 Å². The fourth-order valence-electron chi connectivity index (χ4n) is 0.970. The Morgan fingerprint density at radius 2 is 2.45 bits per heavy atom. The van der Waals surface area contributed by atoms with Crippen molar-refractivity contribution in [3.8, 4) is 0 Å². The Balaban J connectivity index is 2.58. The van der Waals surface area contributed by atoms with Crippen molar-refractivity contribution in [2.75, 3.05) is 7.11 Å². The van der Waals surface area contributed by atoms with Gasteiger partial charge in [0, 0.05) is 12.0 Å². The lowest BCUT2D eigenvalue weighted by Gasteiger charge is -2.00. The monoisotopic (exact) mass is 151 g/mol. The van der Waals surface area contributed by atoms with Crippen LogP contribution in [0.2, 0.25) is 0 Å². The zero-order valence-electron chi connectivity index (χ0n) is 6.54. The minimum absolute atomic E-state index is 0.218. The van der Waals surface area contributed by atoms with Crippen molar-refractivity contribution in [2.45, 2.75) is 12.8 Å². The van der Waals surface area contributed by atoms with Gasteiger partial charge in [0.2, 0.25) is 0 Å². The Morgan fingerprint density at radius 1 is 1.64 bits per heavy atom. The van der Waals surface area contributed by atoms with E-state index in [9.17, 15) is 4.79 Å². The van der Waals surface area contributed by atoms with E-state index >= 15 is 0 Å². The number of methoxy groups -OCH3 is 1. The van der Waals surface area contributed by atoms with Crippen LogP contribution in [0.4, 0.5) is 0 Å². The molecule has 0 unspecified atom stereocenters. The molecular weight excluding hydrogens is 140 g/mol. The first kappa shape index (κ1) is 8.05. The van der Waals surface area contributed by atoms with Crippen molar-refractivity contribution in [3.63, 3.8) is 0 Å². The van der Waals surface area contributed by atoms with Gasteiger partial charge in [0.25, 0.3) is 0 Å². The molecule has 0 spiro atoms. The highest BCUT2D eigenvalue weighted by Gasteiger charge is 2.08. The topological polar surface area (TPSA) is 26.3 Å². The minimum atomic E-state index is -0.218. The summed E-state index contributed by atoms with van der Waals surface area (Å²) in [5.41, 5.74) is 0.748. The molecule has 2 heteroatoms. The fraction of sp³-hybridized carbons (Fsp3) is 0.333. The number of hydrogen-bond acceptors (Lipinski definition) is 2. The van der Waals surface area contributed by atoms with Gasteiger partial charge in [-0.15, -0.1) is 0 Å². The summed E-state index contributed by atoms with van der Waals surface area (Å²) in [7, 11) is 1.40. The Labute approximate surface area is 66.5 Å². The van der Waals surface area contributed by atoms with Crippen LogP contribution in [0.15, 0.2) is 23.8 Å². The van der Waals surface area contributed by atoms with Crippen LogP contribution >= 0.6 is 0 Å². The number of carbonyl (C=O) groups is 1. The maximum Gasteiger partial charge on any atom is 0.333 e. The zero-order chi connectivity index (χ0) is 8.10. The Hall–Kier alpha value is -1.05. The smallest absolute Gasteiger partial charge is 0.333 e. The molecule has 0 amide bonds. The van der Waals surface area contributed by atoms with Crippen molar-refractivity contribution in [1.29, 1.82) is 0 Å². The molecular formula is C9H11O2. The zero-order valence-corrected chi connectivity index (χ0v) is 6.54. The third kappa shape index (κ3) is 2.22. The van der Waals surface area contributed by atoms with E-state index in [1.165, 1.54) is 7.11 Å². The average Bonchev–Trinajstić information content (AvgIpc) is 2.30. The van der Waals surface area contributed by atoms with Crippen LogP contribution in [0.5, 0.6) is 0 Å². The van der Waals surface area contributed by atoms with Crippen molar-refractivity contribution >= 4 is 5.97 Å². The van der Waals surface area contributed by atoms with Gasteiger partial charge < -0.3 is 4.74 Å². The lowest BCUT2D eigenvalue weighted by Crippen LogP contribution is -2.03. The molecule has 0 saturated heterocycles. The van der Waals surface area contributed by atoms with E-state index in [1.54, 1.807) is 6.08 Å². The van der Waals surface area contributed by atoms with Crippen LogP contribution in [-0.2, 0) is 9.53 Å². The molecule has 0 fully saturated rings. The molecule has 0 atom stereocenters. The van der Waals surface area contributed by atoms with E-state index in [0.29, 0.717) is 0 Å². The largest absolute Gasteiger partial charge is 0.466 e. The van der Waals surface area contributed by atoms with Crippen LogP contribution in [0.25, 0.3) is 0 Å².